The number of hydrogen-bond donors (Lipinski definition) is 1. The van der Waals surface area contributed by atoms with Crippen molar-refractivity contribution in [3.63, 3.8) is 0 Å². The highest BCUT2D eigenvalue weighted by Gasteiger charge is 2.38. The molecule has 1 N–H and O–H groups in total. The lowest BCUT2D eigenvalue weighted by molar-refractivity contribution is -0.0338. The molecule has 15 heavy (non-hydrogen) atoms. The van der Waals surface area contributed by atoms with Gasteiger partial charge in [0.15, 0.2) is 0 Å². The van der Waals surface area contributed by atoms with Gasteiger partial charge >= 0.3 is 0 Å². The molecule has 0 radical (unpaired) electrons. The molecule has 1 heterocycles. The van der Waals surface area contributed by atoms with E-state index in [2.05, 4.69) is 40.5 Å². The lowest BCUT2D eigenvalue weighted by Crippen LogP contribution is -2.35. The molecule has 84 valence electrons. The van der Waals surface area contributed by atoms with Crippen LogP contribution in [0.2, 0.25) is 0 Å². The average Bonchev–Trinajstić information content (AvgIpc) is 2.59. The average molecular weight is 289 g/mol. The van der Waals surface area contributed by atoms with Crippen molar-refractivity contribution in [3.8, 4) is 0 Å². The van der Waals surface area contributed by atoms with Crippen LogP contribution in [-0.4, -0.2) is 5.11 Å². The third-order valence-electron chi connectivity index (χ3n) is 3.76. The van der Waals surface area contributed by atoms with E-state index in [1.807, 2.05) is 0 Å². The normalized spacial score (nSPS) is 36.8. The van der Waals surface area contributed by atoms with E-state index in [9.17, 15) is 5.11 Å². The first-order valence-corrected chi connectivity index (χ1v) is 7.21. The molecule has 0 aromatic carbocycles. The van der Waals surface area contributed by atoms with Crippen molar-refractivity contribution >= 4 is 27.3 Å². The van der Waals surface area contributed by atoms with Crippen molar-refractivity contribution in [2.24, 2.45) is 11.8 Å². The van der Waals surface area contributed by atoms with Crippen LogP contribution in [0.15, 0.2) is 15.2 Å². The molecule has 1 aliphatic rings. The van der Waals surface area contributed by atoms with E-state index < -0.39 is 5.60 Å². The fourth-order valence-corrected chi connectivity index (χ4v) is 4.20. The number of halogens is 1. The summed E-state index contributed by atoms with van der Waals surface area (Å²) in [6.07, 6.45) is 2.91. The standard InChI is InChI=1S/C12H17BrOS/c1-8-3-4-12(14,5-9(8)2)10-6-15-7-11(10)13/h6-9,14H,3-5H2,1-2H3. The Morgan fingerprint density at radius 1 is 1.40 bits per heavy atom. The second-order valence-corrected chi connectivity index (χ2v) is 6.46. The van der Waals surface area contributed by atoms with Gasteiger partial charge < -0.3 is 5.11 Å². The third kappa shape index (κ3) is 2.15. The van der Waals surface area contributed by atoms with Gasteiger partial charge in [-0.05, 0) is 52.4 Å². The fourth-order valence-electron chi connectivity index (χ4n) is 2.45. The van der Waals surface area contributed by atoms with Crippen molar-refractivity contribution in [3.05, 3.63) is 20.8 Å². The highest BCUT2D eigenvalue weighted by molar-refractivity contribution is 9.10. The molecule has 0 aliphatic heterocycles. The minimum atomic E-state index is -0.592. The van der Waals surface area contributed by atoms with Crippen LogP contribution in [0.3, 0.4) is 0 Å². The Balaban J connectivity index is 2.25. The van der Waals surface area contributed by atoms with Gasteiger partial charge in [0.25, 0.3) is 0 Å². The summed E-state index contributed by atoms with van der Waals surface area (Å²) in [5.41, 5.74) is 0.497. The van der Waals surface area contributed by atoms with Crippen molar-refractivity contribution in [1.29, 1.82) is 0 Å². The van der Waals surface area contributed by atoms with E-state index in [-0.39, 0.29) is 0 Å². The van der Waals surface area contributed by atoms with Gasteiger partial charge in [-0.1, -0.05) is 13.8 Å². The van der Waals surface area contributed by atoms with E-state index in [1.54, 1.807) is 11.3 Å². The molecule has 0 saturated heterocycles. The molecule has 3 atom stereocenters. The molecule has 1 saturated carbocycles. The summed E-state index contributed by atoms with van der Waals surface area (Å²) >= 11 is 5.18. The molecule has 1 aromatic heterocycles. The molecule has 0 bridgehead atoms. The number of hydrogen-bond acceptors (Lipinski definition) is 2. The molecular formula is C12H17BrOS. The Kier molecular flexibility index (Phi) is 3.25. The molecule has 3 heteroatoms. The van der Waals surface area contributed by atoms with Crippen LogP contribution in [0.1, 0.15) is 38.7 Å². The third-order valence-corrected chi connectivity index (χ3v) is 5.46. The minimum absolute atomic E-state index is 0.592. The maximum Gasteiger partial charge on any atom is 0.0918 e. The van der Waals surface area contributed by atoms with Gasteiger partial charge in [-0.3, -0.25) is 0 Å². The van der Waals surface area contributed by atoms with Crippen LogP contribution < -0.4 is 0 Å². The number of rotatable bonds is 1. The summed E-state index contributed by atoms with van der Waals surface area (Å²) in [6, 6.07) is 0. The van der Waals surface area contributed by atoms with Gasteiger partial charge in [0.2, 0.25) is 0 Å². The quantitative estimate of drug-likeness (QED) is 0.823. The number of thiophene rings is 1. The van der Waals surface area contributed by atoms with Crippen molar-refractivity contribution in [2.45, 2.75) is 38.7 Å². The van der Waals surface area contributed by atoms with Crippen LogP contribution in [0.5, 0.6) is 0 Å². The zero-order valence-electron chi connectivity index (χ0n) is 9.16. The molecular weight excluding hydrogens is 272 g/mol. The first-order chi connectivity index (χ1) is 7.03. The molecule has 2 rings (SSSR count). The number of aliphatic hydroxyl groups is 1. The highest BCUT2D eigenvalue weighted by atomic mass is 79.9. The van der Waals surface area contributed by atoms with Gasteiger partial charge in [-0.2, -0.15) is 11.3 Å². The van der Waals surface area contributed by atoms with Crippen molar-refractivity contribution < 1.29 is 5.11 Å². The van der Waals surface area contributed by atoms with E-state index in [1.165, 1.54) is 0 Å². The Bertz CT molecular complexity index is 349. The largest absolute Gasteiger partial charge is 0.385 e. The van der Waals surface area contributed by atoms with Crippen molar-refractivity contribution in [1.82, 2.24) is 0 Å². The Morgan fingerprint density at radius 2 is 2.13 bits per heavy atom. The summed E-state index contributed by atoms with van der Waals surface area (Å²) in [7, 11) is 0. The fraction of sp³-hybridized carbons (Fsp3) is 0.667. The molecule has 1 nitrogen and oxygen atoms in total. The highest BCUT2D eigenvalue weighted by Crippen LogP contribution is 2.45. The monoisotopic (exact) mass is 288 g/mol. The van der Waals surface area contributed by atoms with Gasteiger partial charge in [-0.25, -0.2) is 0 Å². The topological polar surface area (TPSA) is 20.2 Å². The van der Waals surface area contributed by atoms with Gasteiger partial charge in [-0.15, -0.1) is 0 Å². The van der Waals surface area contributed by atoms with E-state index in [0.29, 0.717) is 5.92 Å². The first-order valence-electron chi connectivity index (χ1n) is 5.47. The second-order valence-electron chi connectivity index (χ2n) is 4.86. The van der Waals surface area contributed by atoms with Gasteiger partial charge in [0.05, 0.1) is 5.60 Å². The molecule has 1 aromatic rings. The van der Waals surface area contributed by atoms with Gasteiger partial charge in [0.1, 0.15) is 0 Å². The molecule has 0 spiro atoms. The maximum absolute atomic E-state index is 10.7. The van der Waals surface area contributed by atoms with Crippen LogP contribution in [0.4, 0.5) is 0 Å². The Labute approximate surface area is 104 Å². The smallest absolute Gasteiger partial charge is 0.0918 e. The van der Waals surface area contributed by atoms with E-state index >= 15 is 0 Å². The van der Waals surface area contributed by atoms with Gasteiger partial charge in [0, 0.05) is 15.4 Å². The van der Waals surface area contributed by atoms with Crippen LogP contribution >= 0.6 is 27.3 Å². The van der Waals surface area contributed by atoms with E-state index in [4.69, 9.17) is 0 Å². The zero-order valence-corrected chi connectivity index (χ0v) is 11.6. The first kappa shape index (κ1) is 11.6. The Morgan fingerprint density at radius 3 is 2.67 bits per heavy atom. The summed E-state index contributed by atoms with van der Waals surface area (Å²) in [5, 5.41) is 14.8. The predicted molar refractivity (Wildman–Crippen MR) is 68.1 cm³/mol. The van der Waals surface area contributed by atoms with Crippen molar-refractivity contribution in [2.75, 3.05) is 0 Å². The Hall–Kier alpha value is 0.140. The molecule has 0 amide bonds. The molecule has 1 aliphatic carbocycles. The lowest BCUT2D eigenvalue weighted by Gasteiger charge is -2.39. The van der Waals surface area contributed by atoms with E-state index in [0.717, 1.165) is 35.2 Å². The minimum Gasteiger partial charge on any atom is -0.385 e. The summed E-state index contributed by atoms with van der Waals surface area (Å²) in [5.74, 6) is 1.35. The maximum atomic E-state index is 10.7. The molecule has 1 fully saturated rings. The van der Waals surface area contributed by atoms with Crippen LogP contribution in [0, 0.1) is 11.8 Å². The zero-order chi connectivity index (χ0) is 11.1. The lowest BCUT2D eigenvalue weighted by atomic mass is 9.71. The predicted octanol–water partition coefficient (Wildman–Crippen LogP) is 4.15. The second kappa shape index (κ2) is 4.19. The summed E-state index contributed by atoms with van der Waals surface area (Å²) in [6.45, 7) is 4.53. The SMILES string of the molecule is CC1CCC(O)(c2cscc2Br)CC1C. The summed E-state index contributed by atoms with van der Waals surface area (Å²) < 4.78 is 1.07. The molecule has 3 unspecified atom stereocenters. The summed E-state index contributed by atoms with van der Waals surface area (Å²) in [4.78, 5) is 0. The van der Waals surface area contributed by atoms with Crippen LogP contribution in [0.25, 0.3) is 0 Å². The van der Waals surface area contributed by atoms with Crippen LogP contribution in [-0.2, 0) is 5.60 Å².